The molecule has 6 heteroatoms. The number of hydrogen-bond acceptors (Lipinski definition) is 2. The number of hydrogen-bond donors (Lipinski definition) is 1. The SMILES string of the molecule is CN(C)c1ccc(Br)cc1NC(=O)c1ccc(Cl)c(Br)c1. The van der Waals surface area contributed by atoms with E-state index in [1.165, 1.54) is 0 Å². The van der Waals surface area contributed by atoms with Gasteiger partial charge in [-0.15, -0.1) is 0 Å². The van der Waals surface area contributed by atoms with Crippen LogP contribution in [0.25, 0.3) is 0 Å². The highest BCUT2D eigenvalue weighted by molar-refractivity contribution is 9.10. The van der Waals surface area contributed by atoms with Crippen molar-refractivity contribution < 1.29 is 4.79 Å². The molecule has 0 aliphatic carbocycles. The highest BCUT2D eigenvalue weighted by atomic mass is 79.9. The van der Waals surface area contributed by atoms with Gasteiger partial charge in [0.05, 0.1) is 16.4 Å². The Hall–Kier alpha value is -1.04. The fraction of sp³-hybridized carbons (Fsp3) is 0.133. The lowest BCUT2D eigenvalue weighted by Crippen LogP contribution is -2.16. The van der Waals surface area contributed by atoms with Gasteiger partial charge in [-0.1, -0.05) is 27.5 Å². The monoisotopic (exact) mass is 430 g/mol. The van der Waals surface area contributed by atoms with Crippen LogP contribution in [0.5, 0.6) is 0 Å². The van der Waals surface area contributed by atoms with Gasteiger partial charge in [0.15, 0.2) is 0 Å². The minimum Gasteiger partial charge on any atom is -0.376 e. The zero-order chi connectivity index (χ0) is 15.6. The Kier molecular flexibility index (Phi) is 5.30. The zero-order valence-electron chi connectivity index (χ0n) is 11.5. The summed E-state index contributed by atoms with van der Waals surface area (Å²) in [4.78, 5) is 14.3. The Morgan fingerprint density at radius 1 is 1.14 bits per heavy atom. The summed E-state index contributed by atoms with van der Waals surface area (Å²) in [5.74, 6) is -0.187. The highest BCUT2D eigenvalue weighted by Gasteiger charge is 2.12. The van der Waals surface area contributed by atoms with E-state index >= 15 is 0 Å². The molecule has 0 bridgehead atoms. The minimum absolute atomic E-state index is 0.187. The number of amides is 1. The molecule has 0 aliphatic heterocycles. The van der Waals surface area contributed by atoms with Crippen LogP contribution >= 0.6 is 43.5 Å². The van der Waals surface area contributed by atoms with Crippen molar-refractivity contribution in [1.82, 2.24) is 0 Å². The third kappa shape index (κ3) is 3.99. The van der Waals surface area contributed by atoms with Crippen LogP contribution in [0.15, 0.2) is 45.3 Å². The average molecular weight is 433 g/mol. The zero-order valence-corrected chi connectivity index (χ0v) is 15.4. The number of rotatable bonds is 3. The van der Waals surface area contributed by atoms with Gasteiger partial charge in [-0.05, 0) is 52.3 Å². The quantitative estimate of drug-likeness (QED) is 0.725. The lowest BCUT2D eigenvalue weighted by atomic mass is 10.2. The van der Waals surface area contributed by atoms with E-state index in [1.807, 2.05) is 37.2 Å². The average Bonchev–Trinajstić information content (AvgIpc) is 2.41. The molecule has 2 rings (SSSR count). The number of benzene rings is 2. The number of halogens is 3. The van der Waals surface area contributed by atoms with Crippen LogP contribution < -0.4 is 10.2 Å². The van der Waals surface area contributed by atoms with Crippen molar-refractivity contribution in [1.29, 1.82) is 0 Å². The van der Waals surface area contributed by atoms with Crippen LogP contribution in [0.2, 0.25) is 5.02 Å². The van der Waals surface area contributed by atoms with Crippen molar-refractivity contribution in [2.24, 2.45) is 0 Å². The Bertz CT molecular complexity index is 689. The smallest absolute Gasteiger partial charge is 0.255 e. The van der Waals surface area contributed by atoms with Crippen LogP contribution in [-0.2, 0) is 0 Å². The maximum Gasteiger partial charge on any atom is 0.255 e. The van der Waals surface area contributed by atoms with Crippen LogP contribution in [0, 0.1) is 0 Å². The van der Waals surface area contributed by atoms with Gasteiger partial charge in [0, 0.05) is 28.6 Å². The Balaban J connectivity index is 2.30. The second kappa shape index (κ2) is 6.81. The molecule has 0 heterocycles. The Morgan fingerprint density at radius 2 is 1.86 bits per heavy atom. The van der Waals surface area contributed by atoms with Crippen molar-refractivity contribution in [2.75, 3.05) is 24.3 Å². The van der Waals surface area contributed by atoms with Gasteiger partial charge in [0.25, 0.3) is 5.91 Å². The minimum atomic E-state index is -0.187. The number of nitrogens with one attached hydrogen (secondary N) is 1. The van der Waals surface area contributed by atoms with E-state index in [4.69, 9.17) is 11.6 Å². The largest absolute Gasteiger partial charge is 0.376 e. The topological polar surface area (TPSA) is 32.3 Å². The number of anilines is 2. The molecular formula is C15H13Br2ClN2O. The predicted octanol–water partition coefficient (Wildman–Crippen LogP) is 5.18. The third-order valence-corrected chi connectivity index (χ3v) is 4.58. The summed E-state index contributed by atoms with van der Waals surface area (Å²) in [6.07, 6.45) is 0. The summed E-state index contributed by atoms with van der Waals surface area (Å²) < 4.78 is 1.60. The molecular weight excluding hydrogens is 419 g/mol. The highest BCUT2D eigenvalue weighted by Crippen LogP contribution is 2.29. The molecule has 0 aromatic heterocycles. The van der Waals surface area contributed by atoms with Crippen LogP contribution in [0.3, 0.4) is 0 Å². The summed E-state index contributed by atoms with van der Waals surface area (Å²) in [6.45, 7) is 0. The van der Waals surface area contributed by atoms with E-state index < -0.39 is 0 Å². The van der Waals surface area contributed by atoms with Crippen LogP contribution in [0.4, 0.5) is 11.4 Å². The first kappa shape index (κ1) is 16.3. The standard InChI is InChI=1S/C15H13Br2ClN2O/c1-20(2)14-6-4-10(16)8-13(14)19-15(21)9-3-5-12(18)11(17)7-9/h3-8H,1-2H3,(H,19,21). The molecule has 2 aromatic carbocycles. The van der Waals surface area contributed by atoms with E-state index in [1.54, 1.807) is 18.2 Å². The molecule has 1 amide bonds. The van der Waals surface area contributed by atoms with Gasteiger partial charge in [-0.3, -0.25) is 4.79 Å². The van der Waals surface area contributed by atoms with Crippen molar-refractivity contribution in [3.05, 3.63) is 55.9 Å². The first-order valence-corrected chi connectivity index (χ1v) is 8.08. The number of carbonyl (C=O) groups is 1. The number of nitrogens with zero attached hydrogens (tertiary/aromatic N) is 1. The van der Waals surface area contributed by atoms with Crippen molar-refractivity contribution in [3.63, 3.8) is 0 Å². The summed E-state index contributed by atoms with van der Waals surface area (Å²) in [6, 6.07) is 10.8. The molecule has 110 valence electrons. The maximum absolute atomic E-state index is 12.4. The molecule has 0 spiro atoms. The molecule has 0 fully saturated rings. The van der Waals surface area contributed by atoms with Crippen molar-refractivity contribution >= 4 is 60.7 Å². The molecule has 0 aliphatic rings. The predicted molar refractivity (Wildman–Crippen MR) is 95.6 cm³/mol. The van der Waals surface area contributed by atoms with Gasteiger partial charge in [0.2, 0.25) is 0 Å². The molecule has 1 N–H and O–H groups in total. The second-order valence-corrected chi connectivity index (χ2v) is 6.82. The van der Waals surface area contributed by atoms with Gasteiger partial charge in [-0.25, -0.2) is 0 Å². The molecule has 0 radical (unpaired) electrons. The number of carbonyl (C=O) groups excluding carboxylic acids is 1. The van der Waals surface area contributed by atoms with E-state index in [-0.39, 0.29) is 5.91 Å². The van der Waals surface area contributed by atoms with E-state index in [2.05, 4.69) is 37.2 Å². The third-order valence-electron chi connectivity index (χ3n) is 2.87. The molecule has 0 saturated heterocycles. The summed E-state index contributed by atoms with van der Waals surface area (Å²) in [7, 11) is 3.86. The first-order valence-electron chi connectivity index (χ1n) is 6.12. The second-order valence-electron chi connectivity index (χ2n) is 4.64. The van der Waals surface area contributed by atoms with Crippen LogP contribution in [-0.4, -0.2) is 20.0 Å². The molecule has 0 unspecified atom stereocenters. The fourth-order valence-electron chi connectivity index (χ4n) is 1.83. The molecule has 2 aromatic rings. The van der Waals surface area contributed by atoms with E-state index in [0.717, 1.165) is 15.8 Å². The summed E-state index contributed by atoms with van der Waals surface area (Å²) in [5, 5.41) is 3.49. The van der Waals surface area contributed by atoms with Gasteiger partial charge in [0.1, 0.15) is 0 Å². The van der Waals surface area contributed by atoms with Gasteiger partial charge in [-0.2, -0.15) is 0 Å². The Labute approximate surface area is 145 Å². The Morgan fingerprint density at radius 3 is 2.48 bits per heavy atom. The summed E-state index contributed by atoms with van der Waals surface area (Å²) in [5.41, 5.74) is 2.21. The first-order chi connectivity index (χ1) is 9.88. The summed E-state index contributed by atoms with van der Waals surface area (Å²) >= 11 is 12.7. The molecule has 0 saturated carbocycles. The van der Waals surface area contributed by atoms with E-state index in [9.17, 15) is 4.79 Å². The molecule has 21 heavy (non-hydrogen) atoms. The van der Waals surface area contributed by atoms with Crippen molar-refractivity contribution in [3.8, 4) is 0 Å². The van der Waals surface area contributed by atoms with Crippen LogP contribution in [0.1, 0.15) is 10.4 Å². The van der Waals surface area contributed by atoms with Gasteiger partial charge >= 0.3 is 0 Å². The normalized spacial score (nSPS) is 10.3. The van der Waals surface area contributed by atoms with Crippen molar-refractivity contribution in [2.45, 2.75) is 0 Å². The molecule has 0 atom stereocenters. The lowest BCUT2D eigenvalue weighted by Gasteiger charge is -2.18. The molecule has 3 nitrogen and oxygen atoms in total. The maximum atomic E-state index is 12.4. The van der Waals surface area contributed by atoms with Gasteiger partial charge < -0.3 is 10.2 Å². The fourth-order valence-corrected chi connectivity index (χ4v) is 2.69. The lowest BCUT2D eigenvalue weighted by molar-refractivity contribution is 0.102. The van der Waals surface area contributed by atoms with E-state index in [0.29, 0.717) is 15.1 Å².